The summed E-state index contributed by atoms with van der Waals surface area (Å²) in [6.45, 7) is 5.32. The molecule has 49 heavy (non-hydrogen) atoms. The number of amides is 2. The van der Waals surface area contributed by atoms with E-state index in [1.165, 1.54) is 4.90 Å². The molecule has 0 bridgehead atoms. The average Bonchev–Trinajstić information content (AvgIpc) is 3.90. The smallest absolute Gasteiger partial charge is 0.394 e. The van der Waals surface area contributed by atoms with Gasteiger partial charge in [-0.1, -0.05) is 36.6 Å². The fraction of sp³-hybridized carbons (Fsp3) is 0.629. The summed E-state index contributed by atoms with van der Waals surface area (Å²) in [5.41, 5.74) is -1.02. The molecule has 1 aromatic carbocycles. The van der Waals surface area contributed by atoms with Gasteiger partial charge in [0.05, 0.1) is 29.7 Å². The van der Waals surface area contributed by atoms with Crippen LogP contribution in [-0.2, 0) is 33.9 Å². The van der Waals surface area contributed by atoms with Crippen molar-refractivity contribution in [1.29, 1.82) is 0 Å². The van der Waals surface area contributed by atoms with E-state index in [9.17, 15) is 27.6 Å². The first-order valence-electron chi connectivity index (χ1n) is 17.1. The molecule has 0 spiro atoms. The van der Waals surface area contributed by atoms with Crippen molar-refractivity contribution in [2.75, 3.05) is 6.54 Å². The Kier molecular flexibility index (Phi) is 9.89. The van der Waals surface area contributed by atoms with Crippen LogP contribution in [0.5, 0.6) is 6.08 Å². The average molecular weight is 718 g/mol. The molecule has 2 saturated carbocycles. The lowest BCUT2D eigenvalue weighted by Gasteiger charge is -2.29. The monoisotopic (exact) mass is 717 g/mol. The summed E-state index contributed by atoms with van der Waals surface area (Å²) in [5.74, 6) is -2.95. The van der Waals surface area contributed by atoms with Gasteiger partial charge in [-0.25, -0.2) is 8.42 Å². The fourth-order valence-electron chi connectivity index (χ4n) is 6.98. The van der Waals surface area contributed by atoms with Crippen molar-refractivity contribution in [3.63, 3.8) is 0 Å². The summed E-state index contributed by atoms with van der Waals surface area (Å²) in [6, 6.07) is 3.99. The lowest BCUT2D eigenvalue weighted by Crippen LogP contribution is -2.46. The van der Waals surface area contributed by atoms with Crippen LogP contribution in [0.25, 0.3) is 11.1 Å². The number of halogens is 1. The number of hydrogen-bond donors (Lipinski definition) is 1. The van der Waals surface area contributed by atoms with Crippen molar-refractivity contribution in [3.05, 3.63) is 35.4 Å². The van der Waals surface area contributed by atoms with Crippen LogP contribution in [0.3, 0.4) is 0 Å². The van der Waals surface area contributed by atoms with Gasteiger partial charge in [-0.05, 0) is 83.4 Å². The number of rotatable bonds is 7. The van der Waals surface area contributed by atoms with Crippen molar-refractivity contribution in [3.8, 4) is 6.08 Å². The fourth-order valence-corrected chi connectivity index (χ4v) is 8.53. The molecular weight excluding hydrogens is 674 g/mol. The molecule has 2 amide bonds. The predicted molar refractivity (Wildman–Crippen MR) is 180 cm³/mol. The highest BCUT2D eigenvalue weighted by molar-refractivity contribution is 7.90. The Balaban J connectivity index is 1.28. The van der Waals surface area contributed by atoms with Gasteiger partial charge < -0.3 is 18.8 Å². The Morgan fingerprint density at radius 1 is 1.14 bits per heavy atom. The van der Waals surface area contributed by atoms with Gasteiger partial charge in [-0.15, -0.1) is 0 Å². The minimum Gasteiger partial charge on any atom is -0.460 e. The third-order valence-corrected chi connectivity index (χ3v) is 11.8. The molecule has 0 radical (unpaired) electrons. The lowest BCUT2D eigenvalue weighted by atomic mass is 9.90. The molecule has 6 rings (SSSR count). The third-order valence-electron chi connectivity index (χ3n) is 9.76. The Morgan fingerprint density at radius 2 is 1.92 bits per heavy atom. The predicted octanol–water partition coefficient (Wildman–Crippen LogP) is 5.27. The zero-order valence-corrected chi connectivity index (χ0v) is 29.7. The van der Waals surface area contributed by atoms with E-state index in [-0.39, 0.29) is 49.5 Å². The van der Waals surface area contributed by atoms with Crippen LogP contribution in [0.2, 0.25) is 5.02 Å². The van der Waals surface area contributed by atoms with E-state index in [1.807, 2.05) is 12.2 Å². The molecule has 5 atom stereocenters. The number of nitrogens with one attached hydrogen (secondary N) is 1. The van der Waals surface area contributed by atoms with Crippen molar-refractivity contribution in [1.82, 2.24) is 14.6 Å². The number of Topliss-reactive ketones (excluding diaryl/α,β-unsaturated/α-hetero) is 1. The molecule has 2 aliphatic carbocycles. The number of esters is 1. The summed E-state index contributed by atoms with van der Waals surface area (Å²) in [7, 11) is -3.83. The number of benzene rings is 1. The van der Waals surface area contributed by atoms with Gasteiger partial charge >= 0.3 is 12.0 Å². The third kappa shape index (κ3) is 8.30. The highest BCUT2D eigenvalue weighted by Gasteiger charge is 2.61. The van der Waals surface area contributed by atoms with E-state index in [4.69, 9.17) is 25.5 Å². The minimum atomic E-state index is -3.83. The van der Waals surface area contributed by atoms with Crippen molar-refractivity contribution >= 4 is 56.3 Å². The molecule has 1 N–H and O–H groups in total. The van der Waals surface area contributed by atoms with Crippen LogP contribution in [-0.4, -0.2) is 71.4 Å². The molecule has 1 saturated heterocycles. The summed E-state index contributed by atoms with van der Waals surface area (Å²) in [4.78, 5) is 61.1. The Hall–Kier alpha value is -3.45. The number of nitrogens with zero attached hydrogens (tertiary/aromatic N) is 2. The van der Waals surface area contributed by atoms with E-state index in [2.05, 4.69) is 9.71 Å². The van der Waals surface area contributed by atoms with Gasteiger partial charge in [-0.3, -0.25) is 23.9 Å². The second kappa shape index (κ2) is 13.7. The van der Waals surface area contributed by atoms with E-state index >= 15 is 0 Å². The summed E-state index contributed by atoms with van der Waals surface area (Å²) in [6.07, 6.45) is 7.74. The molecule has 2 aliphatic heterocycles. The zero-order chi connectivity index (χ0) is 35.1. The summed E-state index contributed by atoms with van der Waals surface area (Å²) >= 11 is 6.11. The standard InChI is InChI=1S/C35H44ClN3O9S/c1-34(2,3)48-30(41)15-21-9-7-5-4-6-8-10-22-18-35(22,32(43)38-49(44,45)25-12-13-25)19-28(40)27-17-24(20-39(27)31(21)42)46-33-37-26-16-23(36)11-14-29(26)47-33/h8,10-11,14,16,21-22,24-25,27H,4-7,9,12-13,15,17-20H2,1-3H3,(H,38,43)/b10-8-/t21-,22+,24-,27+,35-/m1/s1. The van der Waals surface area contributed by atoms with Crippen LogP contribution >= 0.6 is 11.6 Å². The number of aromatic nitrogens is 1. The topological polar surface area (TPSA) is 162 Å². The van der Waals surface area contributed by atoms with Crippen molar-refractivity contribution < 1.29 is 41.5 Å². The number of carbonyl (C=O) groups excluding carboxylic acids is 4. The van der Waals surface area contributed by atoms with E-state index in [0.717, 1.165) is 19.3 Å². The number of ether oxygens (including phenoxy) is 2. The molecule has 4 aliphatic rings. The molecule has 0 unspecified atom stereocenters. The summed E-state index contributed by atoms with van der Waals surface area (Å²) in [5, 5.41) is -0.119. The van der Waals surface area contributed by atoms with Crippen molar-refractivity contribution in [2.45, 2.75) is 114 Å². The van der Waals surface area contributed by atoms with Crippen LogP contribution in [0.4, 0.5) is 0 Å². The quantitative estimate of drug-likeness (QED) is 0.295. The Bertz CT molecular complexity index is 1760. The Morgan fingerprint density at radius 3 is 2.65 bits per heavy atom. The molecule has 3 heterocycles. The lowest BCUT2D eigenvalue weighted by molar-refractivity contribution is -0.159. The van der Waals surface area contributed by atoms with Crippen LogP contribution in [0, 0.1) is 17.3 Å². The number of fused-ring (bicyclic) bond motifs is 3. The first-order chi connectivity index (χ1) is 23.1. The van der Waals surface area contributed by atoms with Gasteiger partial charge in [0.15, 0.2) is 11.4 Å². The van der Waals surface area contributed by atoms with E-state index in [0.29, 0.717) is 48.2 Å². The number of hydrogen-bond acceptors (Lipinski definition) is 10. The SMILES string of the molecule is CC(C)(C)OC(=O)C[C@H]1CCCCC/C=C\[C@H]2C[C@@]2(C(=O)NS(=O)(=O)C2CC2)CC(=O)[C@@H]2C[C@@H](Oc3nc4cc(Cl)ccc4o3)CN2C1=O. The molecule has 2 aromatic rings. The van der Waals surface area contributed by atoms with Crippen LogP contribution in [0.15, 0.2) is 34.8 Å². The molecular formula is C35H44ClN3O9S. The number of carbonyl (C=O) groups is 4. The summed E-state index contributed by atoms with van der Waals surface area (Å²) < 4.78 is 45.2. The molecule has 266 valence electrons. The van der Waals surface area contributed by atoms with E-state index < -0.39 is 56.2 Å². The molecule has 1 aromatic heterocycles. The minimum absolute atomic E-state index is 0.0259. The second-order valence-corrected chi connectivity index (χ2v) is 17.3. The largest absolute Gasteiger partial charge is 0.460 e. The number of allylic oxidation sites excluding steroid dienone is 2. The van der Waals surface area contributed by atoms with Crippen LogP contribution in [0.1, 0.15) is 91.4 Å². The maximum absolute atomic E-state index is 14.3. The number of oxazole rings is 1. The maximum atomic E-state index is 14.3. The van der Waals surface area contributed by atoms with Gasteiger partial charge in [0.2, 0.25) is 21.8 Å². The molecule has 3 fully saturated rings. The second-order valence-electron chi connectivity index (χ2n) is 14.9. The Labute approximate surface area is 291 Å². The number of ketones is 1. The van der Waals surface area contributed by atoms with Gasteiger partial charge in [0.25, 0.3) is 0 Å². The van der Waals surface area contributed by atoms with Gasteiger partial charge in [0.1, 0.15) is 17.2 Å². The zero-order valence-electron chi connectivity index (χ0n) is 28.1. The first kappa shape index (κ1) is 35.4. The normalized spacial score (nSPS) is 28.9. The molecule has 14 heteroatoms. The molecule has 12 nitrogen and oxygen atoms in total. The van der Waals surface area contributed by atoms with Crippen LogP contribution < -0.4 is 9.46 Å². The van der Waals surface area contributed by atoms with Crippen molar-refractivity contribution in [2.24, 2.45) is 17.3 Å². The van der Waals surface area contributed by atoms with Gasteiger partial charge in [-0.2, -0.15) is 4.98 Å². The van der Waals surface area contributed by atoms with E-state index in [1.54, 1.807) is 39.0 Å². The first-order valence-corrected chi connectivity index (χ1v) is 19.1. The van der Waals surface area contributed by atoms with Gasteiger partial charge in [0, 0.05) is 23.8 Å². The highest BCUT2D eigenvalue weighted by Crippen LogP contribution is 2.57. The highest BCUT2D eigenvalue weighted by atomic mass is 35.5. The maximum Gasteiger partial charge on any atom is 0.394 e. The number of sulfonamides is 1.